The first kappa shape index (κ1) is 18.6. The van der Waals surface area contributed by atoms with Gasteiger partial charge in [-0.3, -0.25) is 4.79 Å². The number of carbonyl (C=O) groups excluding carboxylic acids is 1. The Morgan fingerprint density at radius 2 is 2.18 bits per heavy atom. The molecule has 2 aromatic heterocycles. The average molecular weight is 377 g/mol. The van der Waals surface area contributed by atoms with Crippen LogP contribution in [0.2, 0.25) is 0 Å². The zero-order chi connectivity index (χ0) is 19.2. The van der Waals surface area contributed by atoms with E-state index >= 15 is 0 Å². The standard InChI is InChI=1S/C22H27N5O/c28-16-21-18(7-6-17-4-2-1-3-5-17)15-27(26-21)20-10-13-24-22(14-20)25-19-8-11-23-12-9-19/h1-4,10,13-17,19,23H,5-9,11-12H2,(H,24,25). The molecule has 6 nitrogen and oxygen atoms in total. The van der Waals surface area contributed by atoms with Crippen LogP contribution in [0, 0.1) is 5.92 Å². The van der Waals surface area contributed by atoms with Gasteiger partial charge in [-0.25, -0.2) is 9.67 Å². The number of aldehydes is 1. The maximum atomic E-state index is 11.5. The summed E-state index contributed by atoms with van der Waals surface area (Å²) < 4.78 is 1.80. The normalized spacial score (nSPS) is 19.6. The van der Waals surface area contributed by atoms with Gasteiger partial charge in [0.15, 0.2) is 6.29 Å². The molecule has 1 atom stereocenters. The zero-order valence-corrected chi connectivity index (χ0v) is 16.1. The second-order valence-corrected chi connectivity index (χ2v) is 7.52. The molecule has 4 rings (SSSR count). The third kappa shape index (κ3) is 4.57. The van der Waals surface area contributed by atoms with Gasteiger partial charge >= 0.3 is 0 Å². The topological polar surface area (TPSA) is 71.8 Å². The molecule has 2 aromatic rings. The monoisotopic (exact) mass is 377 g/mol. The van der Waals surface area contributed by atoms with Crippen molar-refractivity contribution >= 4 is 12.1 Å². The van der Waals surface area contributed by atoms with E-state index in [2.05, 4.69) is 45.0 Å². The Hall–Kier alpha value is -2.73. The van der Waals surface area contributed by atoms with E-state index in [4.69, 9.17) is 0 Å². The molecule has 1 unspecified atom stereocenters. The molecule has 0 radical (unpaired) electrons. The molecule has 28 heavy (non-hydrogen) atoms. The van der Waals surface area contributed by atoms with Gasteiger partial charge in [0.1, 0.15) is 11.5 Å². The molecule has 1 saturated heterocycles. The Labute approximate surface area is 165 Å². The molecule has 3 heterocycles. The Morgan fingerprint density at radius 3 is 2.96 bits per heavy atom. The first-order valence-corrected chi connectivity index (χ1v) is 10.1. The molecule has 1 aliphatic heterocycles. The minimum absolute atomic E-state index is 0.445. The third-order valence-electron chi connectivity index (χ3n) is 5.49. The lowest BCUT2D eigenvalue weighted by Gasteiger charge is -2.24. The molecular weight excluding hydrogens is 350 g/mol. The van der Waals surface area contributed by atoms with E-state index in [-0.39, 0.29) is 0 Å². The molecule has 0 amide bonds. The summed E-state index contributed by atoms with van der Waals surface area (Å²) in [4.78, 5) is 16.0. The van der Waals surface area contributed by atoms with Crippen molar-refractivity contribution in [2.24, 2.45) is 5.92 Å². The lowest BCUT2D eigenvalue weighted by atomic mass is 9.94. The van der Waals surface area contributed by atoms with E-state index in [1.165, 1.54) is 0 Å². The van der Waals surface area contributed by atoms with E-state index in [1.807, 2.05) is 18.3 Å². The van der Waals surface area contributed by atoms with Crippen LogP contribution in [0.25, 0.3) is 5.69 Å². The van der Waals surface area contributed by atoms with Crippen molar-refractivity contribution in [1.82, 2.24) is 20.1 Å². The molecular formula is C22H27N5O. The van der Waals surface area contributed by atoms with Gasteiger partial charge < -0.3 is 10.6 Å². The van der Waals surface area contributed by atoms with Gasteiger partial charge in [-0.1, -0.05) is 24.3 Å². The number of nitrogens with zero attached hydrogens (tertiary/aromatic N) is 3. The minimum atomic E-state index is 0.445. The fourth-order valence-corrected chi connectivity index (χ4v) is 3.85. The summed E-state index contributed by atoms with van der Waals surface area (Å²) in [6.45, 7) is 2.07. The number of rotatable bonds is 7. The van der Waals surface area contributed by atoms with Gasteiger partial charge in [0.2, 0.25) is 0 Å². The van der Waals surface area contributed by atoms with Crippen LogP contribution >= 0.6 is 0 Å². The predicted octanol–water partition coefficient (Wildman–Crippen LogP) is 3.31. The second kappa shape index (κ2) is 8.97. The number of pyridine rings is 1. The summed E-state index contributed by atoms with van der Waals surface area (Å²) in [6.07, 6.45) is 18.4. The van der Waals surface area contributed by atoms with Gasteiger partial charge in [-0.15, -0.1) is 0 Å². The molecule has 2 N–H and O–H groups in total. The van der Waals surface area contributed by atoms with E-state index in [9.17, 15) is 4.79 Å². The van der Waals surface area contributed by atoms with Crippen molar-refractivity contribution in [3.05, 3.63) is 60.1 Å². The summed E-state index contributed by atoms with van der Waals surface area (Å²) in [6, 6.07) is 4.37. The van der Waals surface area contributed by atoms with E-state index in [0.29, 0.717) is 17.7 Å². The summed E-state index contributed by atoms with van der Waals surface area (Å²) in [7, 11) is 0. The summed E-state index contributed by atoms with van der Waals surface area (Å²) >= 11 is 0. The van der Waals surface area contributed by atoms with Crippen LogP contribution < -0.4 is 10.6 Å². The average Bonchev–Trinajstić information content (AvgIpc) is 3.17. The van der Waals surface area contributed by atoms with Crippen LogP contribution in [-0.2, 0) is 6.42 Å². The minimum Gasteiger partial charge on any atom is -0.367 e. The Bertz CT molecular complexity index is 864. The van der Waals surface area contributed by atoms with E-state index < -0.39 is 0 Å². The van der Waals surface area contributed by atoms with Crippen LogP contribution in [-0.4, -0.2) is 40.2 Å². The number of piperidine rings is 1. The number of nitrogens with one attached hydrogen (secondary N) is 2. The predicted molar refractivity (Wildman–Crippen MR) is 111 cm³/mol. The molecule has 2 aliphatic rings. The van der Waals surface area contributed by atoms with Crippen LogP contribution in [0.5, 0.6) is 0 Å². The Morgan fingerprint density at radius 1 is 1.29 bits per heavy atom. The molecule has 0 spiro atoms. The number of hydrogen-bond acceptors (Lipinski definition) is 5. The van der Waals surface area contributed by atoms with Crippen molar-refractivity contribution in [2.45, 2.75) is 38.1 Å². The molecule has 0 aromatic carbocycles. The summed E-state index contributed by atoms with van der Waals surface area (Å²) in [5.41, 5.74) is 2.45. The number of allylic oxidation sites excluding steroid dienone is 4. The molecule has 6 heteroatoms. The lowest BCUT2D eigenvalue weighted by molar-refractivity contribution is 0.111. The first-order chi connectivity index (χ1) is 13.8. The third-order valence-corrected chi connectivity index (χ3v) is 5.49. The highest BCUT2D eigenvalue weighted by Crippen LogP contribution is 2.21. The SMILES string of the molecule is O=Cc1nn(-c2ccnc(NC3CCNCC3)c2)cc1CCC1C=CC=CC1. The summed E-state index contributed by atoms with van der Waals surface area (Å²) in [5.74, 6) is 1.39. The van der Waals surface area contributed by atoms with E-state index in [1.54, 1.807) is 10.9 Å². The molecule has 1 fully saturated rings. The summed E-state index contributed by atoms with van der Waals surface area (Å²) in [5, 5.41) is 11.4. The van der Waals surface area contributed by atoms with Crippen molar-refractivity contribution in [3.63, 3.8) is 0 Å². The van der Waals surface area contributed by atoms with Gasteiger partial charge in [0, 0.05) is 30.1 Å². The fraction of sp³-hybridized carbons (Fsp3) is 0.409. The van der Waals surface area contributed by atoms with Crippen molar-refractivity contribution in [3.8, 4) is 5.69 Å². The Balaban J connectivity index is 1.46. The van der Waals surface area contributed by atoms with E-state index in [0.717, 1.165) is 68.5 Å². The molecule has 1 aliphatic carbocycles. The first-order valence-electron chi connectivity index (χ1n) is 10.1. The van der Waals surface area contributed by atoms with Gasteiger partial charge in [0.25, 0.3) is 0 Å². The van der Waals surface area contributed by atoms with Crippen molar-refractivity contribution in [1.29, 1.82) is 0 Å². The van der Waals surface area contributed by atoms with Gasteiger partial charge in [-0.05, 0) is 57.2 Å². The quantitative estimate of drug-likeness (QED) is 0.725. The molecule has 146 valence electrons. The smallest absolute Gasteiger partial charge is 0.170 e. The number of aromatic nitrogens is 3. The van der Waals surface area contributed by atoms with Crippen LogP contribution in [0.1, 0.15) is 41.7 Å². The highest BCUT2D eigenvalue weighted by atomic mass is 16.1. The number of carbonyl (C=O) groups is 1. The zero-order valence-electron chi connectivity index (χ0n) is 16.1. The number of anilines is 1. The lowest BCUT2D eigenvalue weighted by Crippen LogP contribution is -2.35. The molecule has 0 bridgehead atoms. The van der Waals surface area contributed by atoms with Crippen LogP contribution in [0.4, 0.5) is 5.82 Å². The highest BCUT2D eigenvalue weighted by Gasteiger charge is 2.15. The fourth-order valence-electron chi connectivity index (χ4n) is 3.85. The van der Waals surface area contributed by atoms with Gasteiger partial charge in [0.05, 0.1) is 5.69 Å². The van der Waals surface area contributed by atoms with Crippen molar-refractivity contribution < 1.29 is 4.79 Å². The second-order valence-electron chi connectivity index (χ2n) is 7.52. The maximum absolute atomic E-state index is 11.5. The highest BCUT2D eigenvalue weighted by molar-refractivity contribution is 5.74. The number of hydrogen-bond donors (Lipinski definition) is 2. The Kier molecular flexibility index (Phi) is 5.97. The maximum Gasteiger partial charge on any atom is 0.170 e. The van der Waals surface area contributed by atoms with Crippen LogP contribution in [0.3, 0.4) is 0 Å². The van der Waals surface area contributed by atoms with Crippen LogP contribution in [0.15, 0.2) is 48.8 Å². The number of aryl methyl sites for hydroxylation is 1. The van der Waals surface area contributed by atoms with Crippen molar-refractivity contribution in [2.75, 3.05) is 18.4 Å². The van der Waals surface area contributed by atoms with Gasteiger partial charge in [-0.2, -0.15) is 5.10 Å². The largest absolute Gasteiger partial charge is 0.367 e. The molecule has 0 saturated carbocycles.